The van der Waals surface area contributed by atoms with Crippen LogP contribution in [0.2, 0.25) is 0 Å². The minimum atomic E-state index is 0. The molecule has 25 heavy (non-hydrogen) atoms. The maximum absolute atomic E-state index is 5.86. The molecule has 0 atom stereocenters. The van der Waals surface area contributed by atoms with Gasteiger partial charge in [-0.1, -0.05) is 66.7 Å². The van der Waals surface area contributed by atoms with Crippen molar-refractivity contribution in [1.82, 2.24) is 5.32 Å². The molecule has 0 saturated carbocycles. The minimum absolute atomic E-state index is 0. The molecule has 5 heteroatoms. The van der Waals surface area contributed by atoms with E-state index < -0.39 is 0 Å². The molecule has 0 aromatic heterocycles. The van der Waals surface area contributed by atoms with Crippen LogP contribution in [0.4, 0.5) is 0 Å². The molecule has 2 rings (SSSR count). The Labute approximate surface area is 167 Å². The number of rotatable bonds is 8. The molecular weight excluding hydrogens is 425 g/mol. The number of halogens is 1. The number of nitrogens with zero attached hydrogens (tertiary/aromatic N) is 1. The summed E-state index contributed by atoms with van der Waals surface area (Å²) in [5.41, 5.74) is 10.3. The zero-order chi connectivity index (χ0) is 17.2. The van der Waals surface area contributed by atoms with Gasteiger partial charge in [-0.15, -0.1) is 24.0 Å². The van der Waals surface area contributed by atoms with Gasteiger partial charge < -0.3 is 15.8 Å². The third-order valence-corrected chi connectivity index (χ3v) is 3.48. The smallest absolute Gasteiger partial charge is 0.189 e. The molecule has 134 valence electrons. The summed E-state index contributed by atoms with van der Waals surface area (Å²) in [5, 5.41) is 3.03. The molecule has 0 fully saturated rings. The van der Waals surface area contributed by atoms with Crippen molar-refractivity contribution in [3.63, 3.8) is 0 Å². The van der Waals surface area contributed by atoms with Gasteiger partial charge in [0, 0.05) is 6.54 Å². The second-order valence-corrected chi connectivity index (χ2v) is 5.76. The molecule has 0 saturated heterocycles. The maximum atomic E-state index is 5.86. The van der Waals surface area contributed by atoms with E-state index >= 15 is 0 Å². The van der Waals surface area contributed by atoms with Crippen molar-refractivity contribution in [2.75, 3.05) is 6.54 Å². The third-order valence-electron chi connectivity index (χ3n) is 3.48. The van der Waals surface area contributed by atoms with Crippen molar-refractivity contribution in [3.05, 3.63) is 83.4 Å². The van der Waals surface area contributed by atoms with Crippen molar-refractivity contribution in [3.8, 4) is 0 Å². The van der Waals surface area contributed by atoms with E-state index in [-0.39, 0.29) is 24.0 Å². The molecule has 0 aliphatic carbocycles. The van der Waals surface area contributed by atoms with Gasteiger partial charge in [0.15, 0.2) is 5.96 Å². The molecule has 3 N–H and O–H groups in total. The highest BCUT2D eigenvalue weighted by Crippen LogP contribution is 2.12. The number of hydrogen-bond acceptors (Lipinski definition) is 2. The third kappa shape index (κ3) is 8.18. The van der Waals surface area contributed by atoms with E-state index in [2.05, 4.69) is 41.2 Å². The van der Waals surface area contributed by atoms with Crippen LogP contribution in [-0.2, 0) is 24.5 Å². The van der Waals surface area contributed by atoms with Crippen LogP contribution in [0.3, 0.4) is 0 Å². The molecule has 0 spiro atoms. The fraction of sp³-hybridized carbons (Fsp3) is 0.250. The van der Waals surface area contributed by atoms with Crippen LogP contribution < -0.4 is 11.1 Å². The first kappa shape index (κ1) is 21.2. The van der Waals surface area contributed by atoms with E-state index in [1.165, 1.54) is 5.56 Å². The first-order chi connectivity index (χ1) is 11.6. The summed E-state index contributed by atoms with van der Waals surface area (Å²) in [6, 6.07) is 18.3. The Balaban J connectivity index is 0.00000312. The highest BCUT2D eigenvalue weighted by molar-refractivity contribution is 14.0. The highest BCUT2D eigenvalue weighted by Gasteiger charge is 2.02. The van der Waals surface area contributed by atoms with E-state index in [0.29, 0.717) is 32.3 Å². The molecule has 0 bridgehead atoms. The fourth-order valence-corrected chi connectivity index (χ4v) is 2.17. The molecule has 0 aliphatic rings. The second kappa shape index (κ2) is 11.7. The van der Waals surface area contributed by atoms with Crippen molar-refractivity contribution >= 4 is 29.9 Å². The molecule has 2 aromatic rings. The van der Waals surface area contributed by atoms with Gasteiger partial charge in [-0.05, 0) is 23.6 Å². The summed E-state index contributed by atoms with van der Waals surface area (Å²) in [6.45, 7) is 8.09. The predicted octanol–water partition coefficient (Wildman–Crippen LogP) is 4.00. The van der Waals surface area contributed by atoms with Gasteiger partial charge in [-0.3, -0.25) is 0 Å². The Bertz CT molecular complexity index is 686. The van der Waals surface area contributed by atoms with E-state index in [1.54, 1.807) is 0 Å². The molecule has 0 aliphatic heterocycles. The number of nitrogens with two attached hydrogens (primary N) is 1. The van der Waals surface area contributed by atoms with E-state index in [0.717, 1.165) is 16.7 Å². The second-order valence-electron chi connectivity index (χ2n) is 5.76. The van der Waals surface area contributed by atoms with Crippen molar-refractivity contribution in [2.45, 2.75) is 26.7 Å². The van der Waals surface area contributed by atoms with Gasteiger partial charge in [-0.25, -0.2) is 4.99 Å². The van der Waals surface area contributed by atoms with Crippen molar-refractivity contribution < 1.29 is 4.74 Å². The summed E-state index contributed by atoms with van der Waals surface area (Å²) in [6.07, 6.45) is 0. The van der Waals surface area contributed by atoms with Gasteiger partial charge in [0.05, 0.1) is 19.8 Å². The molecule has 0 amide bonds. The number of benzene rings is 2. The zero-order valence-electron chi connectivity index (χ0n) is 14.6. The van der Waals surface area contributed by atoms with Gasteiger partial charge in [0.1, 0.15) is 0 Å². The van der Waals surface area contributed by atoms with Crippen LogP contribution in [0.25, 0.3) is 0 Å². The number of hydrogen-bond donors (Lipinski definition) is 2. The maximum Gasteiger partial charge on any atom is 0.189 e. The summed E-state index contributed by atoms with van der Waals surface area (Å²) in [4.78, 5) is 4.38. The summed E-state index contributed by atoms with van der Waals surface area (Å²) in [5.74, 6) is 0.429. The predicted molar refractivity (Wildman–Crippen MR) is 115 cm³/mol. The lowest BCUT2D eigenvalue weighted by Gasteiger charge is -2.10. The Morgan fingerprint density at radius 3 is 2.36 bits per heavy atom. The minimum Gasteiger partial charge on any atom is -0.372 e. The van der Waals surface area contributed by atoms with Crippen LogP contribution in [0.15, 0.2) is 71.7 Å². The van der Waals surface area contributed by atoms with E-state index in [1.807, 2.05) is 37.3 Å². The van der Waals surface area contributed by atoms with Crippen LogP contribution in [0, 0.1) is 0 Å². The number of ether oxygens (including phenoxy) is 1. The molecule has 0 radical (unpaired) electrons. The zero-order valence-corrected chi connectivity index (χ0v) is 16.9. The monoisotopic (exact) mass is 451 g/mol. The Kier molecular flexibility index (Phi) is 9.87. The fourth-order valence-electron chi connectivity index (χ4n) is 2.17. The van der Waals surface area contributed by atoms with Gasteiger partial charge in [0.25, 0.3) is 0 Å². The standard InChI is InChI=1S/C20H25N3O.HI/c1-16(2)12-22-20(21)23-13-18-10-6-7-11-19(18)15-24-14-17-8-4-3-5-9-17;/h3-11H,1,12-15H2,2H3,(H3,21,22,23);1H. The van der Waals surface area contributed by atoms with E-state index in [4.69, 9.17) is 10.5 Å². The number of aliphatic imine (C=N–C) groups is 1. The first-order valence-corrected chi connectivity index (χ1v) is 8.02. The lowest BCUT2D eigenvalue weighted by atomic mass is 10.1. The SMILES string of the molecule is C=C(C)CNC(N)=NCc1ccccc1COCc1ccccc1.I. The van der Waals surface area contributed by atoms with E-state index in [9.17, 15) is 0 Å². The van der Waals surface area contributed by atoms with Crippen LogP contribution in [0.1, 0.15) is 23.6 Å². The normalized spacial score (nSPS) is 10.8. The van der Waals surface area contributed by atoms with Crippen LogP contribution in [-0.4, -0.2) is 12.5 Å². The molecule has 2 aromatic carbocycles. The Morgan fingerprint density at radius 2 is 1.68 bits per heavy atom. The molecule has 0 heterocycles. The van der Waals surface area contributed by atoms with Crippen LogP contribution in [0.5, 0.6) is 0 Å². The Morgan fingerprint density at radius 1 is 1.04 bits per heavy atom. The molecule has 4 nitrogen and oxygen atoms in total. The average Bonchev–Trinajstić information content (AvgIpc) is 2.60. The summed E-state index contributed by atoms with van der Waals surface area (Å²) < 4.78 is 5.83. The van der Waals surface area contributed by atoms with Gasteiger partial charge >= 0.3 is 0 Å². The molecular formula is C20H26IN3O. The summed E-state index contributed by atoms with van der Waals surface area (Å²) >= 11 is 0. The number of guanidine groups is 1. The van der Waals surface area contributed by atoms with Crippen molar-refractivity contribution in [1.29, 1.82) is 0 Å². The molecule has 0 unspecified atom stereocenters. The first-order valence-electron chi connectivity index (χ1n) is 8.02. The average molecular weight is 451 g/mol. The lowest BCUT2D eigenvalue weighted by Crippen LogP contribution is -2.32. The van der Waals surface area contributed by atoms with Gasteiger partial charge in [0.2, 0.25) is 0 Å². The Hall–Kier alpha value is -1.86. The van der Waals surface area contributed by atoms with Gasteiger partial charge in [-0.2, -0.15) is 0 Å². The van der Waals surface area contributed by atoms with Crippen LogP contribution >= 0.6 is 24.0 Å². The topological polar surface area (TPSA) is 59.6 Å². The van der Waals surface area contributed by atoms with Crippen molar-refractivity contribution in [2.24, 2.45) is 10.7 Å². The highest BCUT2D eigenvalue weighted by atomic mass is 127. The quantitative estimate of drug-likeness (QED) is 0.276. The number of nitrogens with one attached hydrogen (secondary N) is 1. The largest absolute Gasteiger partial charge is 0.372 e. The lowest BCUT2D eigenvalue weighted by molar-refractivity contribution is 0.106. The summed E-state index contributed by atoms with van der Waals surface area (Å²) in [7, 11) is 0.